The molecule has 1 saturated carbocycles. The normalized spacial score (nSPS) is 22.3. The molecule has 1 heterocycles. The number of nitrogens with zero attached hydrogens (tertiary/aromatic N) is 2. The maximum Gasteiger partial charge on any atom is 0.272 e. The highest BCUT2D eigenvalue weighted by molar-refractivity contribution is 5.94. The first-order valence-corrected chi connectivity index (χ1v) is 9.09. The van der Waals surface area contributed by atoms with E-state index in [1.54, 1.807) is 0 Å². The van der Waals surface area contributed by atoms with Crippen LogP contribution in [-0.2, 0) is 12.8 Å². The van der Waals surface area contributed by atoms with Gasteiger partial charge in [0.1, 0.15) is 0 Å². The van der Waals surface area contributed by atoms with Crippen LogP contribution < -0.4 is 5.32 Å². The lowest BCUT2D eigenvalue weighted by Gasteiger charge is -2.28. The Morgan fingerprint density at radius 2 is 1.96 bits per heavy atom. The van der Waals surface area contributed by atoms with Crippen LogP contribution in [0.5, 0.6) is 0 Å². The third-order valence-corrected chi connectivity index (χ3v) is 5.34. The molecular weight excluding hydrogens is 340 g/mol. The van der Waals surface area contributed by atoms with E-state index in [9.17, 15) is 18.7 Å². The highest BCUT2D eigenvalue weighted by atomic mass is 19.2. The van der Waals surface area contributed by atoms with Gasteiger partial charge in [-0.05, 0) is 44.2 Å². The minimum Gasteiger partial charge on any atom is -0.391 e. The van der Waals surface area contributed by atoms with Crippen LogP contribution in [0.2, 0.25) is 0 Å². The second kappa shape index (κ2) is 6.79. The molecule has 0 bridgehead atoms. The van der Waals surface area contributed by atoms with Crippen LogP contribution in [0.15, 0.2) is 18.2 Å². The minimum absolute atomic E-state index is 0.262. The molecule has 1 amide bonds. The molecule has 26 heavy (non-hydrogen) atoms. The van der Waals surface area contributed by atoms with Crippen molar-refractivity contribution in [3.05, 3.63) is 46.8 Å². The van der Waals surface area contributed by atoms with Gasteiger partial charge in [-0.15, -0.1) is 0 Å². The lowest BCUT2D eigenvalue weighted by atomic mass is 9.92. The molecule has 7 heteroatoms. The maximum atomic E-state index is 13.6. The number of nitrogens with one attached hydrogen (secondary N) is 1. The second-order valence-electron chi connectivity index (χ2n) is 7.07. The van der Waals surface area contributed by atoms with E-state index < -0.39 is 17.7 Å². The summed E-state index contributed by atoms with van der Waals surface area (Å²) in [5.74, 6) is -2.17. The number of benzene rings is 1. The number of rotatable bonds is 3. The summed E-state index contributed by atoms with van der Waals surface area (Å²) >= 11 is 0. The molecule has 0 saturated heterocycles. The van der Waals surface area contributed by atoms with E-state index in [-0.39, 0.29) is 11.9 Å². The van der Waals surface area contributed by atoms with Crippen molar-refractivity contribution < 1.29 is 18.7 Å². The molecule has 4 rings (SSSR count). The quantitative estimate of drug-likeness (QED) is 0.883. The zero-order chi connectivity index (χ0) is 18.3. The van der Waals surface area contributed by atoms with Gasteiger partial charge in [0, 0.05) is 17.3 Å². The van der Waals surface area contributed by atoms with Crippen molar-refractivity contribution in [3.63, 3.8) is 0 Å². The summed E-state index contributed by atoms with van der Waals surface area (Å²) in [6.45, 7) is 0. The van der Waals surface area contributed by atoms with Gasteiger partial charge in [-0.2, -0.15) is 5.10 Å². The number of aromatic nitrogens is 2. The number of aliphatic hydroxyl groups excluding tert-OH is 1. The van der Waals surface area contributed by atoms with Gasteiger partial charge in [-0.1, -0.05) is 12.8 Å². The van der Waals surface area contributed by atoms with Crippen molar-refractivity contribution in [3.8, 4) is 5.69 Å². The first-order valence-electron chi connectivity index (χ1n) is 9.09. The summed E-state index contributed by atoms with van der Waals surface area (Å²) in [6, 6.07) is 3.34. The largest absolute Gasteiger partial charge is 0.391 e. The van der Waals surface area contributed by atoms with Crippen molar-refractivity contribution in [2.75, 3.05) is 0 Å². The fraction of sp³-hybridized carbons (Fsp3) is 0.474. The second-order valence-corrected chi connectivity index (χ2v) is 7.07. The van der Waals surface area contributed by atoms with Gasteiger partial charge < -0.3 is 10.4 Å². The van der Waals surface area contributed by atoms with Gasteiger partial charge in [-0.3, -0.25) is 4.79 Å². The van der Waals surface area contributed by atoms with E-state index in [4.69, 9.17) is 0 Å². The molecule has 0 radical (unpaired) electrons. The van der Waals surface area contributed by atoms with Crippen molar-refractivity contribution in [2.45, 2.75) is 57.1 Å². The monoisotopic (exact) mass is 361 g/mol. The molecule has 1 aromatic carbocycles. The number of amides is 1. The molecule has 1 aromatic heterocycles. The highest BCUT2D eigenvalue weighted by Gasteiger charge is 2.30. The smallest absolute Gasteiger partial charge is 0.272 e. The van der Waals surface area contributed by atoms with Crippen molar-refractivity contribution in [1.82, 2.24) is 15.1 Å². The summed E-state index contributed by atoms with van der Waals surface area (Å²) in [6.07, 6.45) is 5.20. The van der Waals surface area contributed by atoms with Crippen LogP contribution in [0.1, 0.15) is 53.8 Å². The van der Waals surface area contributed by atoms with E-state index >= 15 is 0 Å². The lowest BCUT2D eigenvalue weighted by Crippen LogP contribution is -2.45. The van der Waals surface area contributed by atoms with E-state index in [1.165, 1.54) is 10.7 Å². The SMILES string of the molecule is O=C(N[C@@H]1CCCC[C@H]1O)c1nn(-c2ccc(F)c(F)c2)c2c1CCC2. The molecule has 5 nitrogen and oxygen atoms in total. The van der Waals surface area contributed by atoms with E-state index in [2.05, 4.69) is 10.4 Å². The van der Waals surface area contributed by atoms with Gasteiger partial charge >= 0.3 is 0 Å². The maximum absolute atomic E-state index is 13.6. The summed E-state index contributed by atoms with van der Waals surface area (Å²) < 4.78 is 28.4. The molecule has 2 aliphatic carbocycles. The van der Waals surface area contributed by atoms with Gasteiger partial charge in [0.05, 0.1) is 17.8 Å². The van der Waals surface area contributed by atoms with Crippen LogP contribution in [0.4, 0.5) is 8.78 Å². The summed E-state index contributed by atoms with van der Waals surface area (Å²) in [5.41, 5.74) is 2.45. The summed E-state index contributed by atoms with van der Waals surface area (Å²) in [4.78, 5) is 12.8. The number of hydrogen-bond acceptors (Lipinski definition) is 3. The van der Waals surface area contributed by atoms with Gasteiger partial charge in [0.25, 0.3) is 5.91 Å². The van der Waals surface area contributed by atoms with E-state index in [0.717, 1.165) is 61.9 Å². The highest BCUT2D eigenvalue weighted by Crippen LogP contribution is 2.29. The molecule has 138 valence electrons. The zero-order valence-corrected chi connectivity index (χ0v) is 14.3. The number of fused-ring (bicyclic) bond motifs is 1. The Balaban J connectivity index is 1.65. The molecule has 2 aliphatic rings. The van der Waals surface area contributed by atoms with Gasteiger partial charge in [-0.25, -0.2) is 13.5 Å². The van der Waals surface area contributed by atoms with Gasteiger partial charge in [0.15, 0.2) is 17.3 Å². The van der Waals surface area contributed by atoms with E-state index in [0.29, 0.717) is 17.8 Å². The average Bonchev–Trinajstić information content (AvgIpc) is 3.22. The molecule has 0 aliphatic heterocycles. The molecule has 2 atom stereocenters. The number of aliphatic hydroxyl groups is 1. The topological polar surface area (TPSA) is 67.2 Å². The Labute approximate surface area is 150 Å². The molecule has 0 spiro atoms. The summed E-state index contributed by atoms with van der Waals surface area (Å²) in [7, 11) is 0. The first kappa shape index (κ1) is 17.1. The minimum atomic E-state index is -0.943. The van der Waals surface area contributed by atoms with Crippen LogP contribution in [0, 0.1) is 11.6 Å². The molecule has 0 unspecified atom stereocenters. The van der Waals surface area contributed by atoms with Crippen LogP contribution >= 0.6 is 0 Å². The number of carbonyl (C=O) groups is 1. The lowest BCUT2D eigenvalue weighted by molar-refractivity contribution is 0.0713. The van der Waals surface area contributed by atoms with Gasteiger partial charge in [0.2, 0.25) is 0 Å². The fourth-order valence-electron chi connectivity index (χ4n) is 3.97. The standard InChI is InChI=1S/C19H21F2N3O2/c20-13-9-8-11(10-14(13)21)24-16-6-3-4-12(16)18(23-24)19(26)22-15-5-1-2-7-17(15)25/h8-10,15,17,25H,1-7H2,(H,22,26)/t15-,17-/m1/s1. The Bertz CT molecular complexity index is 850. The third kappa shape index (κ3) is 3.00. The molecule has 2 N–H and O–H groups in total. The Morgan fingerprint density at radius 3 is 2.73 bits per heavy atom. The number of halogens is 2. The number of hydrogen-bond donors (Lipinski definition) is 2. The van der Waals surface area contributed by atoms with Crippen LogP contribution in [-0.4, -0.2) is 32.9 Å². The van der Waals surface area contributed by atoms with E-state index in [1.807, 2.05) is 0 Å². The number of carbonyl (C=O) groups excluding carboxylic acids is 1. The summed E-state index contributed by atoms with van der Waals surface area (Å²) in [5, 5.41) is 17.4. The van der Waals surface area contributed by atoms with Crippen LogP contribution in [0.25, 0.3) is 5.69 Å². The predicted octanol–water partition coefficient (Wildman–Crippen LogP) is 2.67. The third-order valence-electron chi connectivity index (χ3n) is 5.34. The van der Waals surface area contributed by atoms with Crippen molar-refractivity contribution in [1.29, 1.82) is 0 Å². The predicted molar refractivity (Wildman–Crippen MR) is 91.2 cm³/mol. The Kier molecular flexibility index (Phi) is 4.48. The first-order chi connectivity index (χ1) is 12.5. The molecule has 2 aromatic rings. The molecular formula is C19H21F2N3O2. The zero-order valence-electron chi connectivity index (χ0n) is 14.3. The van der Waals surface area contributed by atoms with Crippen molar-refractivity contribution >= 4 is 5.91 Å². The average molecular weight is 361 g/mol. The molecule has 1 fully saturated rings. The fourth-order valence-corrected chi connectivity index (χ4v) is 3.97. The van der Waals surface area contributed by atoms with Crippen LogP contribution in [0.3, 0.4) is 0 Å². The Morgan fingerprint density at radius 1 is 1.15 bits per heavy atom. The Hall–Kier alpha value is -2.28. The van der Waals surface area contributed by atoms with Crippen molar-refractivity contribution in [2.24, 2.45) is 0 Å².